The Balaban J connectivity index is 1.70. The molecule has 3 aromatic rings. The van der Waals surface area contributed by atoms with E-state index in [2.05, 4.69) is 10.3 Å². The molecule has 6 heteroatoms. The van der Waals surface area contributed by atoms with Crippen LogP contribution in [0.25, 0.3) is 5.69 Å². The van der Waals surface area contributed by atoms with Gasteiger partial charge < -0.3 is 5.32 Å². The predicted octanol–water partition coefficient (Wildman–Crippen LogP) is 3.58. The molecule has 0 bridgehead atoms. The largest absolute Gasteiger partial charge is 0.325 e. The van der Waals surface area contributed by atoms with Gasteiger partial charge in [-0.2, -0.15) is 0 Å². The molecule has 1 aromatic heterocycles. The fourth-order valence-electron chi connectivity index (χ4n) is 2.66. The molecule has 0 atom stereocenters. The smallest absolute Gasteiger partial charge is 0.287 e. The van der Waals surface area contributed by atoms with Crippen LogP contribution >= 0.6 is 11.8 Å². The predicted molar refractivity (Wildman–Crippen MR) is 105 cm³/mol. The summed E-state index contributed by atoms with van der Waals surface area (Å²) in [5, 5.41) is 3.16. The molecule has 0 aliphatic heterocycles. The van der Waals surface area contributed by atoms with Gasteiger partial charge in [-0.3, -0.25) is 14.2 Å². The molecule has 132 valence electrons. The first kappa shape index (κ1) is 17.9. The molecule has 3 rings (SSSR count). The summed E-state index contributed by atoms with van der Waals surface area (Å²) in [5.74, 6) is -0.0510. The summed E-state index contributed by atoms with van der Waals surface area (Å²) in [7, 11) is 0. The molecule has 0 aliphatic carbocycles. The van der Waals surface area contributed by atoms with Crippen LogP contribution in [-0.4, -0.2) is 21.2 Å². The third-order valence-corrected chi connectivity index (χ3v) is 4.65. The van der Waals surface area contributed by atoms with Gasteiger partial charge in [0.15, 0.2) is 5.03 Å². The quantitative estimate of drug-likeness (QED) is 0.702. The van der Waals surface area contributed by atoms with Crippen molar-refractivity contribution in [1.29, 1.82) is 0 Å². The summed E-state index contributed by atoms with van der Waals surface area (Å²) in [6.45, 7) is 3.97. The number of aromatic nitrogens is 2. The molecular formula is C20H19N3O2S. The zero-order valence-corrected chi connectivity index (χ0v) is 15.4. The molecule has 5 nitrogen and oxygen atoms in total. The Bertz CT molecular complexity index is 964. The molecule has 26 heavy (non-hydrogen) atoms. The first-order chi connectivity index (χ1) is 12.5. The zero-order valence-electron chi connectivity index (χ0n) is 14.6. The van der Waals surface area contributed by atoms with Gasteiger partial charge in [0, 0.05) is 23.8 Å². The summed E-state index contributed by atoms with van der Waals surface area (Å²) in [4.78, 5) is 28.9. The molecular weight excluding hydrogens is 346 g/mol. The minimum absolute atomic E-state index is 0.119. The maximum Gasteiger partial charge on any atom is 0.287 e. The number of hydrogen-bond acceptors (Lipinski definition) is 4. The van der Waals surface area contributed by atoms with Gasteiger partial charge in [-0.1, -0.05) is 36.0 Å². The van der Waals surface area contributed by atoms with Crippen molar-refractivity contribution in [2.75, 3.05) is 11.1 Å². The standard InChI is InChI=1S/C20H19N3O2S/c1-14-10-15(2)12-16(11-14)22-18(24)13-26-19-20(25)23(9-8-21-19)17-6-4-3-5-7-17/h3-12H,13H2,1-2H3,(H,22,24). The van der Waals surface area contributed by atoms with Gasteiger partial charge in [-0.25, -0.2) is 4.98 Å². The highest BCUT2D eigenvalue weighted by molar-refractivity contribution is 7.99. The Labute approximate surface area is 156 Å². The van der Waals surface area contributed by atoms with Crippen molar-refractivity contribution < 1.29 is 4.79 Å². The zero-order chi connectivity index (χ0) is 18.5. The first-order valence-electron chi connectivity index (χ1n) is 8.17. The molecule has 0 radical (unpaired) electrons. The van der Waals surface area contributed by atoms with E-state index in [9.17, 15) is 9.59 Å². The number of nitrogens with zero attached hydrogens (tertiary/aromatic N) is 2. The molecule has 1 N–H and O–H groups in total. The number of benzene rings is 2. The minimum atomic E-state index is -0.233. The van der Waals surface area contributed by atoms with Gasteiger partial charge in [0.05, 0.1) is 5.75 Å². The number of rotatable bonds is 5. The SMILES string of the molecule is Cc1cc(C)cc(NC(=O)CSc2nccn(-c3ccccc3)c2=O)c1. The number of amides is 1. The van der Waals surface area contributed by atoms with Crippen LogP contribution in [-0.2, 0) is 4.79 Å². The lowest BCUT2D eigenvalue weighted by atomic mass is 10.1. The number of carbonyl (C=O) groups excluding carboxylic acids is 1. The second kappa shape index (κ2) is 8.01. The lowest BCUT2D eigenvalue weighted by Crippen LogP contribution is -2.22. The molecule has 0 saturated carbocycles. The summed E-state index contributed by atoms with van der Waals surface area (Å²) >= 11 is 1.14. The summed E-state index contributed by atoms with van der Waals surface area (Å²) < 4.78 is 1.52. The fraction of sp³-hybridized carbons (Fsp3) is 0.150. The number of nitrogens with one attached hydrogen (secondary N) is 1. The van der Waals surface area contributed by atoms with E-state index < -0.39 is 0 Å². The van der Waals surface area contributed by atoms with Crippen molar-refractivity contribution in [1.82, 2.24) is 9.55 Å². The second-order valence-corrected chi connectivity index (χ2v) is 6.92. The number of para-hydroxylation sites is 1. The van der Waals surface area contributed by atoms with Gasteiger partial charge >= 0.3 is 0 Å². The van der Waals surface area contributed by atoms with Crippen LogP contribution in [0.2, 0.25) is 0 Å². The molecule has 0 unspecified atom stereocenters. The summed E-state index contributed by atoms with van der Waals surface area (Å²) in [6, 6.07) is 15.2. The normalized spacial score (nSPS) is 10.5. The topological polar surface area (TPSA) is 64.0 Å². The Morgan fingerprint density at radius 1 is 1.12 bits per heavy atom. The van der Waals surface area contributed by atoms with Crippen LogP contribution < -0.4 is 10.9 Å². The lowest BCUT2D eigenvalue weighted by Gasteiger charge is -2.08. The van der Waals surface area contributed by atoms with Crippen LogP contribution in [0.3, 0.4) is 0 Å². The lowest BCUT2D eigenvalue weighted by molar-refractivity contribution is -0.113. The van der Waals surface area contributed by atoms with E-state index in [1.807, 2.05) is 62.4 Å². The van der Waals surface area contributed by atoms with E-state index in [1.165, 1.54) is 4.57 Å². The minimum Gasteiger partial charge on any atom is -0.325 e. The molecule has 1 amide bonds. The van der Waals surface area contributed by atoms with Crippen molar-refractivity contribution in [3.63, 3.8) is 0 Å². The van der Waals surface area contributed by atoms with Crippen molar-refractivity contribution in [2.45, 2.75) is 18.9 Å². The van der Waals surface area contributed by atoms with E-state index >= 15 is 0 Å². The highest BCUT2D eigenvalue weighted by Gasteiger charge is 2.10. The van der Waals surface area contributed by atoms with Gasteiger partial charge in [-0.05, 0) is 49.2 Å². The molecule has 0 fully saturated rings. The Morgan fingerprint density at radius 2 is 1.81 bits per heavy atom. The van der Waals surface area contributed by atoms with Gasteiger partial charge in [0.1, 0.15) is 0 Å². The Morgan fingerprint density at radius 3 is 2.50 bits per heavy atom. The van der Waals surface area contributed by atoms with Crippen LogP contribution in [0, 0.1) is 13.8 Å². The van der Waals surface area contributed by atoms with Crippen LogP contribution in [0.15, 0.2) is 70.7 Å². The Hall–Kier alpha value is -2.86. The average Bonchev–Trinajstić information content (AvgIpc) is 2.61. The van der Waals surface area contributed by atoms with Gasteiger partial charge in [0.2, 0.25) is 5.91 Å². The number of anilines is 1. The summed E-state index contributed by atoms with van der Waals surface area (Å²) in [5.41, 5.74) is 3.46. The number of thioether (sulfide) groups is 1. The van der Waals surface area contributed by atoms with Gasteiger partial charge in [0.25, 0.3) is 5.56 Å². The highest BCUT2D eigenvalue weighted by Crippen LogP contribution is 2.16. The summed E-state index contributed by atoms with van der Waals surface area (Å²) in [6.07, 6.45) is 3.19. The van der Waals surface area contributed by atoms with Crippen molar-refractivity contribution in [2.24, 2.45) is 0 Å². The van der Waals surface area contributed by atoms with E-state index in [0.717, 1.165) is 34.3 Å². The van der Waals surface area contributed by atoms with Gasteiger partial charge in [-0.15, -0.1) is 0 Å². The third kappa shape index (κ3) is 4.40. The first-order valence-corrected chi connectivity index (χ1v) is 9.15. The van der Waals surface area contributed by atoms with Crippen LogP contribution in [0.1, 0.15) is 11.1 Å². The van der Waals surface area contributed by atoms with Crippen molar-refractivity contribution in [3.05, 3.63) is 82.4 Å². The van der Waals surface area contributed by atoms with E-state index in [4.69, 9.17) is 0 Å². The third-order valence-electron chi connectivity index (χ3n) is 3.69. The maximum absolute atomic E-state index is 12.6. The molecule has 2 aromatic carbocycles. The van der Waals surface area contributed by atoms with Crippen LogP contribution in [0.4, 0.5) is 5.69 Å². The van der Waals surface area contributed by atoms with E-state index in [-0.39, 0.29) is 17.2 Å². The van der Waals surface area contributed by atoms with Crippen molar-refractivity contribution in [3.8, 4) is 5.69 Å². The molecule has 0 spiro atoms. The molecule has 0 aliphatic rings. The average molecular weight is 365 g/mol. The van der Waals surface area contributed by atoms with Crippen molar-refractivity contribution >= 4 is 23.4 Å². The molecule has 0 saturated heterocycles. The van der Waals surface area contributed by atoms with E-state index in [0.29, 0.717) is 5.03 Å². The number of aryl methyl sites for hydroxylation is 2. The van der Waals surface area contributed by atoms with E-state index in [1.54, 1.807) is 12.4 Å². The molecule has 1 heterocycles. The fourth-order valence-corrected chi connectivity index (χ4v) is 3.36. The highest BCUT2D eigenvalue weighted by atomic mass is 32.2. The van der Waals surface area contributed by atoms with Crippen LogP contribution in [0.5, 0.6) is 0 Å². The number of hydrogen-bond donors (Lipinski definition) is 1. The monoisotopic (exact) mass is 365 g/mol. The second-order valence-electron chi connectivity index (χ2n) is 5.96. The Kier molecular flexibility index (Phi) is 5.53. The maximum atomic E-state index is 12.6. The number of carbonyl (C=O) groups is 1.